The molecule has 0 saturated carbocycles. The Hall–Kier alpha value is -0.180. The summed E-state index contributed by atoms with van der Waals surface area (Å²) in [6.07, 6.45) is 1.19. The zero-order valence-electron chi connectivity index (χ0n) is 10.0. The first kappa shape index (κ1) is 13.9. The molecule has 3 heteroatoms. The van der Waals surface area contributed by atoms with E-state index in [1.54, 1.807) is 0 Å². The molecular weight excluding hydrogens is 238 g/mol. The summed E-state index contributed by atoms with van der Waals surface area (Å²) in [5, 5.41) is 4.36. The quantitative estimate of drug-likeness (QED) is 0.794. The van der Waals surface area contributed by atoms with Crippen molar-refractivity contribution >= 4 is 23.4 Å². The van der Waals surface area contributed by atoms with E-state index in [0.29, 0.717) is 6.04 Å². The van der Waals surface area contributed by atoms with E-state index < -0.39 is 0 Å². The number of thioether (sulfide) groups is 1. The van der Waals surface area contributed by atoms with Gasteiger partial charge < -0.3 is 5.32 Å². The number of benzene rings is 1. The summed E-state index contributed by atoms with van der Waals surface area (Å²) in [7, 11) is 0. The summed E-state index contributed by atoms with van der Waals surface area (Å²) in [6.45, 7) is 5.53. The second-order valence-electron chi connectivity index (χ2n) is 3.96. The van der Waals surface area contributed by atoms with Gasteiger partial charge in [-0.05, 0) is 31.5 Å². The van der Waals surface area contributed by atoms with Crippen LogP contribution >= 0.6 is 23.4 Å². The number of hydrogen-bond acceptors (Lipinski definition) is 2. The van der Waals surface area contributed by atoms with Crippen LogP contribution in [0.3, 0.4) is 0 Å². The predicted octanol–water partition coefficient (Wildman–Crippen LogP) is 3.96. The average molecular weight is 258 g/mol. The summed E-state index contributed by atoms with van der Waals surface area (Å²) in [5.41, 5.74) is 1.23. The first-order valence-electron chi connectivity index (χ1n) is 5.78. The van der Waals surface area contributed by atoms with Crippen LogP contribution in [0.1, 0.15) is 25.8 Å². The minimum atomic E-state index is 0.576. The highest BCUT2D eigenvalue weighted by atomic mass is 35.5. The highest BCUT2D eigenvalue weighted by Crippen LogP contribution is 2.20. The highest BCUT2D eigenvalue weighted by molar-refractivity contribution is 7.98. The van der Waals surface area contributed by atoms with E-state index in [1.165, 1.54) is 12.0 Å². The third kappa shape index (κ3) is 5.24. The topological polar surface area (TPSA) is 12.0 Å². The van der Waals surface area contributed by atoms with Gasteiger partial charge in [-0.1, -0.05) is 36.7 Å². The van der Waals surface area contributed by atoms with Crippen LogP contribution in [0.5, 0.6) is 0 Å². The summed E-state index contributed by atoms with van der Waals surface area (Å²) < 4.78 is 0. The smallest absolute Gasteiger partial charge is 0.0446 e. The van der Waals surface area contributed by atoms with Gasteiger partial charge in [-0.25, -0.2) is 0 Å². The Morgan fingerprint density at radius 2 is 2.12 bits per heavy atom. The molecular formula is C13H20ClNS. The molecule has 1 aromatic rings. The minimum Gasteiger partial charge on any atom is -0.313 e. The van der Waals surface area contributed by atoms with Crippen LogP contribution in [0.4, 0.5) is 0 Å². The molecule has 0 heterocycles. The molecule has 1 atom stereocenters. The zero-order valence-corrected chi connectivity index (χ0v) is 11.6. The standard InChI is InChI=1S/C13H20ClNS/c1-3-8-15-11(2)9-16-10-12-6-4-5-7-13(12)14/h4-7,11,15H,3,8-10H2,1-2H3. The lowest BCUT2D eigenvalue weighted by Crippen LogP contribution is -2.28. The van der Waals surface area contributed by atoms with Crippen LogP contribution in [-0.4, -0.2) is 18.3 Å². The number of halogens is 1. The van der Waals surface area contributed by atoms with Crippen LogP contribution < -0.4 is 5.32 Å². The molecule has 1 unspecified atom stereocenters. The van der Waals surface area contributed by atoms with Gasteiger partial charge >= 0.3 is 0 Å². The molecule has 0 aliphatic carbocycles. The second-order valence-corrected chi connectivity index (χ2v) is 5.40. The van der Waals surface area contributed by atoms with Crippen LogP contribution in [0.25, 0.3) is 0 Å². The van der Waals surface area contributed by atoms with Crippen molar-refractivity contribution in [3.05, 3.63) is 34.9 Å². The van der Waals surface area contributed by atoms with Crippen molar-refractivity contribution in [1.82, 2.24) is 5.32 Å². The van der Waals surface area contributed by atoms with Gasteiger partial charge in [0, 0.05) is 22.6 Å². The average Bonchev–Trinajstić information content (AvgIpc) is 2.29. The SMILES string of the molecule is CCCNC(C)CSCc1ccccc1Cl. The van der Waals surface area contributed by atoms with E-state index in [0.717, 1.165) is 23.1 Å². The van der Waals surface area contributed by atoms with Crippen molar-refractivity contribution in [1.29, 1.82) is 0 Å². The molecule has 0 aliphatic heterocycles. The van der Waals surface area contributed by atoms with Gasteiger partial charge in [0.2, 0.25) is 0 Å². The molecule has 1 rings (SSSR count). The third-order valence-electron chi connectivity index (χ3n) is 2.33. The lowest BCUT2D eigenvalue weighted by atomic mass is 10.2. The monoisotopic (exact) mass is 257 g/mol. The molecule has 0 saturated heterocycles. The van der Waals surface area contributed by atoms with E-state index in [-0.39, 0.29) is 0 Å². The fourth-order valence-electron chi connectivity index (χ4n) is 1.41. The maximum absolute atomic E-state index is 6.09. The molecule has 0 bridgehead atoms. The fourth-order valence-corrected chi connectivity index (χ4v) is 2.75. The Labute approximate surface area is 108 Å². The first-order valence-corrected chi connectivity index (χ1v) is 7.31. The Balaban J connectivity index is 2.23. The van der Waals surface area contributed by atoms with E-state index in [1.807, 2.05) is 30.0 Å². The van der Waals surface area contributed by atoms with Crippen LogP contribution in [0.15, 0.2) is 24.3 Å². The second kappa shape index (κ2) is 7.99. The van der Waals surface area contributed by atoms with Crippen LogP contribution in [0, 0.1) is 0 Å². The lowest BCUT2D eigenvalue weighted by Gasteiger charge is -2.12. The van der Waals surface area contributed by atoms with Gasteiger partial charge in [0.25, 0.3) is 0 Å². The van der Waals surface area contributed by atoms with E-state index in [4.69, 9.17) is 11.6 Å². The minimum absolute atomic E-state index is 0.576. The van der Waals surface area contributed by atoms with Gasteiger partial charge in [-0.3, -0.25) is 0 Å². The predicted molar refractivity (Wildman–Crippen MR) is 75.4 cm³/mol. The number of rotatable bonds is 7. The Kier molecular flexibility index (Phi) is 6.93. The van der Waals surface area contributed by atoms with E-state index in [2.05, 4.69) is 25.2 Å². The molecule has 0 amide bonds. The van der Waals surface area contributed by atoms with Crippen molar-refractivity contribution < 1.29 is 0 Å². The molecule has 0 aliphatic rings. The maximum Gasteiger partial charge on any atom is 0.0446 e. The molecule has 0 spiro atoms. The van der Waals surface area contributed by atoms with Gasteiger partial charge in [-0.2, -0.15) is 11.8 Å². The molecule has 90 valence electrons. The number of hydrogen-bond donors (Lipinski definition) is 1. The summed E-state index contributed by atoms with van der Waals surface area (Å²) in [5.74, 6) is 2.13. The van der Waals surface area contributed by atoms with E-state index in [9.17, 15) is 0 Å². The lowest BCUT2D eigenvalue weighted by molar-refractivity contribution is 0.590. The number of nitrogens with one attached hydrogen (secondary N) is 1. The largest absolute Gasteiger partial charge is 0.313 e. The summed E-state index contributed by atoms with van der Waals surface area (Å²) >= 11 is 8.03. The highest BCUT2D eigenvalue weighted by Gasteiger charge is 2.02. The first-order chi connectivity index (χ1) is 7.74. The zero-order chi connectivity index (χ0) is 11.8. The van der Waals surface area contributed by atoms with Gasteiger partial charge in [-0.15, -0.1) is 0 Å². The van der Waals surface area contributed by atoms with Crippen molar-refractivity contribution in [2.75, 3.05) is 12.3 Å². The Bertz CT molecular complexity index is 304. The molecule has 1 aromatic carbocycles. The fraction of sp³-hybridized carbons (Fsp3) is 0.538. The molecule has 0 radical (unpaired) electrons. The Morgan fingerprint density at radius 3 is 2.81 bits per heavy atom. The van der Waals surface area contributed by atoms with Crippen molar-refractivity contribution in [3.8, 4) is 0 Å². The van der Waals surface area contributed by atoms with Gasteiger partial charge in [0.15, 0.2) is 0 Å². The van der Waals surface area contributed by atoms with Gasteiger partial charge in [0.1, 0.15) is 0 Å². The maximum atomic E-state index is 6.09. The van der Waals surface area contributed by atoms with E-state index >= 15 is 0 Å². The van der Waals surface area contributed by atoms with Crippen LogP contribution in [-0.2, 0) is 5.75 Å². The van der Waals surface area contributed by atoms with Crippen molar-refractivity contribution in [2.45, 2.75) is 32.1 Å². The summed E-state index contributed by atoms with van der Waals surface area (Å²) in [6, 6.07) is 8.64. The molecule has 0 fully saturated rings. The summed E-state index contributed by atoms with van der Waals surface area (Å²) in [4.78, 5) is 0. The molecule has 0 aromatic heterocycles. The molecule has 1 N–H and O–H groups in total. The van der Waals surface area contributed by atoms with Crippen molar-refractivity contribution in [3.63, 3.8) is 0 Å². The normalized spacial score (nSPS) is 12.7. The molecule has 16 heavy (non-hydrogen) atoms. The Morgan fingerprint density at radius 1 is 1.38 bits per heavy atom. The van der Waals surface area contributed by atoms with Gasteiger partial charge in [0.05, 0.1) is 0 Å². The van der Waals surface area contributed by atoms with Crippen LogP contribution in [0.2, 0.25) is 5.02 Å². The molecule has 1 nitrogen and oxygen atoms in total. The van der Waals surface area contributed by atoms with Crippen molar-refractivity contribution in [2.24, 2.45) is 0 Å². The third-order valence-corrected chi connectivity index (χ3v) is 3.95.